The van der Waals surface area contributed by atoms with Crippen molar-refractivity contribution in [3.05, 3.63) is 120 Å². The highest BCUT2D eigenvalue weighted by atomic mass is 16.5. The van der Waals surface area contributed by atoms with Crippen molar-refractivity contribution in [2.24, 2.45) is 0 Å². The molecule has 0 spiro atoms. The normalized spacial score (nSPS) is 15.5. The maximum Gasteiger partial charge on any atom is 0.120 e. The summed E-state index contributed by atoms with van der Waals surface area (Å²) in [6, 6.07) is 36.7. The van der Waals surface area contributed by atoms with Crippen molar-refractivity contribution < 1.29 is 9.47 Å². The highest BCUT2D eigenvalue weighted by Crippen LogP contribution is 2.36. The molecule has 1 aromatic heterocycles. The minimum absolute atomic E-state index is 0.559. The Morgan fingerprint density at radius 2 is 1.51 bits per heavy atom. The van der Waals surface area contributed by atoms with Gasteiger partial charge in [0.2, 0.25) is 0 Å². The number of hydrogen-bond donors (Lipinski definition) is 1. The Morgan fingerprint density at radius 1 is 0.756 bits per heavy atom. The molecule has 2 heterocycles. The van der Waals surface area contributed by atoms with Crippen molar-refractivity contribution in [1.82, 2.24) is 9.88 Å². The average Bonchev–Trinajstić information content (AvgIpc) is 3.15. The van der Waals surface area contributed by atoms with Gasteiger partial charge in [-0.25, -0.2) is 0 Å². The zero-order valence-electron chi connectivity index (χ0n) is 24.0. The lowest BCUT2D eigenvalue weighted by atomic mass is 10.1. The molecule has 0 amide bonds. The number of aryl methyl sites for hydroxylation is 1. The Labute approximate surface area is 243 Å². The molecule has 0 saturated carbocycles. The molecular weight excluding hydrogens is 504 g/mol. The summed E-state index contributed by atoms with van der Waals surface area (Å²) in [7, 11) is 0. The molecule has 1 aliphatic rings. The van der Waals surface area contributed by atoms with E-state index in [1.807, 2.05) is 18.2 Å². The number of ether oxygens (including phenoxy) is 2. The Hall–Kier alpha value is -4.02. The van der Waals surface area contributed by atoms with Crippen molar-refractivity contribution in [3.63, 3.8) is 0 Å². The van der Waals surface area contributed by atoms with Crippen LogP contribution in [0.1, 0.15) is 48.8 Å². The van der Waals surface area contributed by atoms with Crippen LogP contribution in [0.25, 0.3) is 22.2 Å². The molecule has 6 rings (SSSR count). The molecule has 210 valence electrons. The van der Waals surface area contributed by atoms with Gasteiger partial charge >= 0.3 is 0 Å². The van der Waals surface area contributed by atoms with Crippen LogP contribution >= 0.6 is 0 Å². The predicted octanol–water partition coefficient (Wildman–Crippen LogP) is 8.55. The largest absolute Gasteiger partial charge is 0.494 e. The Balaban J connectivity index is 1.21. The third kappa shape index (κ3) is 6.66. The lowest BCUT2D eigenvalue weighted by Crippen LogP contribution is -2.29. The Morgan fingerprint density at radius 3 is 2.32 bits per heavy atom. The van der Waals surface area contributed by atoms with Gasteiger partial charge in [-0.05, 0) is 85.3 Å². The Kier molecular flexibility index (Phi) is 8.68. The predicted molar refractivity (Wildman–Crippen MR) is 169 cm³/mol. The van der Waals surface area contributed by atoms with E-state index in [0.717, 1.165) is 37.6 Å². The van der Waals surface area contributed by atoms with Gasteiger partial charge in [0.15, 0.2) is 0 Å². The molecule has 0 aliphatic carbocycles. The first kappa shape index (κ1) is 27.2. The van der Waals surface area contributed by atoms with Gasteiger partial charge < -0.3 is 19.4 Å². The van der Waals surface area contributed by atoms with E-state index in [4.69, 9.17) is 9.47 Å². The summed E-state index contributed by atoms with van der Waals surface area (Å²) in [5.74, 6) is 1.83. The topological polar surface area (TPSA) is 35.4 Å². The molecule has 5 aromatic rings. The van der Waals surface area contributed by atoms with Gasteiger partial charge in [0, 0.05) is 23.5 Å². The number of benzene rings is 4. The summed E-state index contributed by atoms with van der Waals surface area (Å²) in [4.78, 5) is 0. The molecule has 1 atom stereocenters. The molecule has 1 saturated heterocycles. The highest BCUT2D eigenvalue weighted by Gasteiger charge is 2.17. The third-order valence-corrected chi connectivity index (χ3v) is 8.24. The SMILES string of the molecule is Cc1c(-c2ccccc2)n(Cc2ccc(OCCC3CCCCCN3)cc2)c2ccc(OCc3ccccc3)cc12. The van der Waals surface area contributed by atoms with Crippen LogP contribution in [0, 0.1) is 6.92 Å². The monoisotopic (exact) mass is 544 g/mol. The molecule has 41 heavy (non-hydrogen) atoms. The van der Waals surface area contributed by atoms with Gasteiger partial charge in [-0.15, -0.1) is 0 Å². The van der Waals surface area contributed by atoms with Crippen molar-refractivity contribution >= 4 is 10.9 Å². The number of nitrogens with zero attached hydrogens (tertiary/aromatic N) is 1. The molecule has 1 unspecified atom stereocenters. The van der Waals surface area contributed by atoms with Crippen molar-refractivity contribution in [1.29, 1.82) is 0 Å². The molecular formula is C37H40N2O2. The zero-order chi connectivity index (χ0) is 27.9. The summed E-state index contributed by atoms with van der Waals surface area (Å²) < 4.78 is 14.8. The molecule has 4 heteroatoms. The molecule has 1 fully saturated rings. The van der Waals surface area contributed by atoms with Crippen molar-refractivity contribution in [3.8, 4) is 22.8 Å². The van der Waals surface area contributed by atoms with Gasteiger partial charge in [-0.1, -0.05) is 85.6 Å². The molecule has 1 N–H and O–H groups in total. The molecule has 4 aromatic carbocycles. The van der Waals surface area contributed by atoms with Gasteiger partial charge in [0.25, 0.3) is 0 Å². The summed E-state index contributed by atoms with van der Waals surface area (Å²) >= 11 is 0. The first-order chi connectivity index (χ1) is 20.2. The van der Waals surface area contributed by atoms with E-state index in [9.17, 15) is 0 Å². The van der Waals surface area contributed by atoms with Crippen LogP contribution in [-0.4, -0.2) is 23.8 Å². The quantitative estimate of drug-likeness (QED) is 0.191. The smallest absolute Gasteiger partial charge is 0.120 e. The number of fused-ring (bicyclic) bond motifs is 1. The second-order valence-electron chi connectivity index (χ2n) is 11.2. The first-order valence-electron chi connectivity index (χ1n) is 15.0. The minimum atomic E-state index is 0.559. The minimum Gasteiger partial charge on any atom is -0.494 e. The van der Waals surface area contributed by atoms with Crippen molar-refractivity contribution in [2.45, 2.75) is 58.2 Å². The van der Waals surface area contributed by atoms with E-state index in [1.54, 1.807) is 0 Å². The number of rotatable bonds is 10. The van der Waals surface area contributed by atoms with Gasteiger partial charge in [0.05, 0.1) is 12.3 Å². The van der Waals surface area contributed by atoms with E-state index < -0.39 is 0 Å². The second-order valence-corrected chi connectivity index (χ2v) is 11.2. The molecule has 1 aliphatic heterocycles. The number of aromatic nitrogens is 1. The fourth-order valence-corrected chi connectivity index (χ4v) is 6.00. The van der Waals surface area contributed by atoms with Gasteiger partial charge in [-0.3, -0.25) is 0 Å². The zero-order valence-corrected chi connectivity index (χ0v) is 24.0. The van der Waals surface area contributed by atoms with Gasteiger partial charge in [-0.2, -0.15) is 0 Å². The van der Waals surface area contributed by atoms with Crippen LogP contribution in [0.5, 0.6) is 11.5 Å². The third-order valence-electron chi connectivity index (χ3n) is 8.24. The van der Waals surface area contributed by atoms with Crippen LogP contribution in [0.4, 0.5) is 0 Å². The summed E-state index contributed by atoms with van der Waals surface area (Å²) in [6.07, 6.45) is 6.29. The van der Waals surface area contributed by atoms with Crippen molar-refractivity contribution in [2.75, 3.05) is 13.2 Å². The lowest BCUT2D eigenvalue weighted by molar-refractivity contribution is 0.283. The van der Waals surface area contributed by atoms with Crippen LogP contribution in [0.15, 0.2) is 103 Å². The highest BCUT2D eigenvalue weighted by molar-refractivity contribution is 5.92. The fraction of sp³-hybridized carbons (Fsp3) is 0.297. The van der Waals surface area contributed by atoms with Crippen LogP contribution in [0.2, 0.25) is 0 Å². The van der Waals surface area contributed by atoms with E-state index in [2.05, 4.69) is 102 Å². The molecule has 4 nitrogen and oxygen atoms in total. The van der Waals surface area contributed by atoms with Gasteiger partial charge in [0.1, 0.15) is 18.1 Å². The van der Waals surface area contributed by atoms with Crippen LogP contribution in [0.3, 0.4) is 0 Å². The summed E-state index contributed by atoms with van der Waals surface area (Å²) in [5.41, 5.74) is 7.37. The van der Waals surface area contributed by atoms with E-state index in [-0.39, 0.29) is 0 Å². The Bertz CT molecular complexity index is 1530. The first-order valence-corrected chi connectivity index (χ1v) is 15.0. The van der Waals surface area contributed by atoms with Crippen LogP contribution in [-0.2, 0) is 13.2 Å². The standard InChI is InChI=1S/C37H40N2O2/c1-28-35-25-34(41-27-30-11-5-2-6-12-30)20-21-36(35)39(37(28)31-13-7-3-8-14-31)26-29-16-18-33(19-17-29)40-24-22-32-15-9-4-10-23-38-32/h2-3,5-8,11-14,16-21,25,32,38H,4,9-10,15,22-24,26-27H2,1H3. The lowest BCUT2D eigenvalue weighted by Gasteiger charge is -2.16. The maximum atomic E-state index is 6.19. The second kappa shape index (κ2) is 13.1. The molecule has 0 radical (unpaired) electrons. The van der Waals surface area contributed by atoms with E-state index >= 15 is 0 Å². The number of hydrogen-bond acceptors (Lipinski definition) is 3. The van der Waals surface area contributed by atoms with E-state index in [1.165, 1.54) is 64.5 Å². The fourth-order valence-electron chi connectivity index (χ4n) is 6.00. The van der Waals surface area contributed by atoms with Crippen LogP contribution < -0.4 is 14.8 Å². The average molecular weight is 545 g/mol. The van der Waals surface area contributed by atoms with E-state index in [0.29, 0.717) is 12.6 Å². The summed E-state index contributed by atoms with van der Waals surface area (Å²) in [5, 5.41) is 4.89. The maximum absolute atomic E-state index is 6.19. The number of nitrogens with one attached hydrogen (secondary N) is 1. The molecule has 0 bridgehead atoms. The summed E-state index contributed by atoms with van der Waals surface area (Å²) in [6.45, 7) is 5.46.